The number of piperidine rings is 2. The third-order valence-corrected chi connectivity index (χ3v) is 8.59. The summed E-state index contributed by atoms with van der Waals surface area (Å²) in [6.07, 6.45) is 5.85. The summed E-state index contributed by atoms with van der Waals surface area (Å²) in [5, 5.41) is 11.1. The van der Waals surface area contributed by atoms with Crippen LogP contribution >= 0.6 is 0 Å². The summed E-state index contributed by atoms with van der Waals surface area (Å²) in [5.41, 5.74) is 4.30. The molecule has 1 N–H and O–H groups in total. The minimum Gasteiger partial charge on any atom is -0.390 e. The number of benzene rings is 2. The maximum atomic E-state index is 11.1. The highest BCUT2D eigenvalue weighted by Crippen LogP contribution is 2.61. The zero-order valence-corrected chi connectivity index (χ0v) is 18.1. The molecule has 2 aromatic rings. The van der Waals surface area contributed by atoms with Crippen LogP contribution in [0.4, 0.5) is 0 Å². The maximum absolute atomic E-state index is 11.1. The molecule has 0 spiro atoms. The third-order valence-electron chi connectivity index (χ3n) is 8.59. The van der Waals surface area contributed by atoms with Crippen LogP contribution in [0, 0.1) is 11.8 Å². The van der Waals surface area contributed by atoms with Gasteiger partial charge in [0, 0.05) is 30.0 Å². The highest BCUT2D eigenvalue weighted by molar-refractivity contribution is 5.42. The molecule has 0 amide bonds. The minimum absolute atomic E-state index is 0.301. The second-order valence-corrected chi connectivity index (χ2v) is 10.3. The van der Waals surface area contributed by atoms with Crippen molar-refractivity contribution >= 4 is 0 Å². The van der Waals surface area contributed by atoms with Crippen molar-refractivity contribution in [2.45, 2.75) is 76.0 Å². The maximum Gasteiger partial charge on any atom is 0.0634 e. The van der Waals surface area contributed by atoms with E-state index in [1.54, 1.807) is 11.1 Å². The first-order chi connectivity index (χ1) is 13.9. The molecule has 1 saturated carbocycles. The molecule has 2 heteroatoms. The molecule has 0 radical (unpaired) electrons. The number of fused-ring (bicyclic) bond motifs is 2. The lowest BCUT2D eigenvalue weighted by molar-refractivity contribution is -0.156. The Morgan fingerprint density at radius 2 is 1.76 bits per heavy atom. The Bertz CT molecular complexity index is 870. The zero-order chi connectivity index (χ0) is 20.2. The van der Waals surface area contributed by atoms with Gasteiger partial charge in [-0.05, 0) is 68.6 Å². The predicted molar refractivity (Wildman–Crippen MR) is 119 cm³/mol. The van der Waals surface area contributed by atoms with Crippen molar-refractivity contribution in [3.63, 3.8) is 0 Å². The number of hydrogen-bond donors (Lipinski definition) is 1. The van der Waals surface area contributed by atoms with E-state index in [1.807, 2.05) is 13.8 Å². The summed E-state index contributed by atoms with van der Waals surface area (Å²) >= 11 is 0. The fourth-order valence-corrected chi connectivity index (χ4v) is 7.24. The van der Waals surface area contributed by atoms with Crippen LogP contribution in [-0.4, -0.2) is 34.2 Å². The van der Waals surface area contributed by atoms with Crippen molar-refractivity contribution in [3.05, 3.63) is 71.3 Å². The van der Waals surface area contributed by atoms with E-state index in [0.29, 0.717) is 29.3 Å². The molecule has 2 nitrogen and oxygen atoms in total. The Morgan fingerprint density at radius 3 is 2.48 bits per heavy atom. The van der Waals surface area contributed by atoms with Gasteiger partial charge in [0.2, 0.25) is 0 Å². The summed E-state index contributed by atoms with van der Waals surface area (Å²) in [6, 6.07) is 21.2. The summed E-state index contributed by atoms with van der Waals surface area (Å²) < 4.78 is 0. The highest BCUT2D eigenvalue weighted by Gasteiger charge is 2.62. The largest absolute Gasteiger partial charge is 0.390 e. The van der Waals surface area contributed by atoms with Crippen molar-refractivity contribution in [2.75, 3.05) is 6.54 Å². The molecule has 0 aromatic heterocycles. The smallest absolute Gasteiger partial charge is 0.0634 e. The quantitative estimate of drug-likeness (QED) is 0.779. The van der Waals surface area contributed by atoms with Gasteiger partial charge >= 0.3 is 0 Å². The molecule has 4 aliphatic rings. The zero-order valence-electron chi connectivity index (χ0n) is 18.1. The van der Waals surface area contributed by atoms with Gasteiger partial charge in [-0.2, -0.15) is 0 Å². The molecule has 6 rings (SSSR count). The first-order valence-electron chi connectivity index (χ1n) is 11.5. The molecule has 2 saturated heterocycles. The average Bonchev–Trinajstić information content (AvgIpc) is 2.73. The van der Waals surface area contributed by atoms with Crippen LogP contribution in [-0.2, 0) is 18.3 Å². The molecule has 4 unspecified atom stereocenters. The van der Waals surface area contributed by atoms with Crippen LogP contribution in [0.25, 0.3) is 0 Å². The molecule has 29 heavy (non-hydrogen) atoms. The topological polar surface area (TPSA) is 23.5 Å². The standard InChI is InChI=1S/C27H35NO/c1-4-27-18-25-22(26(2,3)29)17-23(27)24(16-20-12-8-9-13-21(20)27)28(25)15-14-19-10-6-5-7-11-19/h5-13,22-25,29H,4,14-18H2,1-3H3/t22?,23?,24?,25?,27-/m1/s1. The van der Waals surface area contributed by atoms with Crippen molar-refractivity contribution in [1.29, 1.82) is 0 Å². The summed E-state index contributed by atoms with van der Waals surface area (Å²) in [6.45, 7) is 7.57. The van der Waals surface area contributed by atoms with Gasteiger partial charge in [-0.25, -0.2) is 0 Å². The lowest BCUT2D eigenvalue weighted by atomic mass is 9.47. The van der Waals surface area contributed by atoms with E-state index in [0.717, 1.165) is 13.0 Å². The van der Waals surface area contributed by atoms with Gasteiger partial charge in [0.15, 0.2) is 0 Å². The molecule has 4 bridgehead atoms. The predicted octanol–water partition coefficient (Wildman–Crippen LogP) is 4.98. The van der Waals surface area contributed by atoms with Gasteiger partial charge < -0.3 is 5.11 Å². The van der Waals surface area contributed by atoms with E-state index in [-0.39, 0.29) is 0 Å². The van der Waals surface area contributed by atoms with E-state index in [2.05, 4.69) is 66.4 Å². The van der Waals surface area contributed by atoms with Gasteiger partial charge in [0.05, 0.1) is 5.60 Å². The van der Waals surface area contributed by atoms with Gasteiger partial charge in [0.1, 0.15) is 0 Å². The van der Waals surface area contributed by atoms with Crippen molar-refractivity contribution in [3.8, 4) is 0 Å². The Labute approximate surface area is 175 Å². The highest BCUT2D eigenvalue weighted by atomic mass is 16.3. The molecule has 2 aliphatic heterocycles. The lowest BCUT2D eigenvalue weighted by Gasteiger charge is -2.67. The average molecular weight is 390 g/mol. The number of nitrogens with zero attached hydrogens (tertiary/aromatic N) is 1. The Balaban J connectivity index is 1.53. The number of hydrogen-bond acceptors (Lipinski definition) is 2. The third kappa shape index (κ3) is 2.99. The van der Waals surface area contributed by atoms with Crippen LogP contribution in [0.2, 0.25) is 0 Å². The first kappa shape index (κ1) is 19.3. The Hall–Kier alpha value is -1.64. The molecule has 3 fully saturated rings. The van der Waals surface area contributed by atoms with E-state index in [4.69, 9.17) is 0 Å². The molecule has 2 aliphatic carbocycles. The number of rotatable bonds is 5. The Morgan fingerprint density at radius 1 is 1.03 bits per heavy atom. The first-order valence-corrected chi connectivity index (χ1v) is 11.5. The SMILES string of the molecule is CC[C@]12CC3C(C(C)(C)O)CC1C(Cc1ccccc12)N3CCc1ccccc1. The number of aliphatic hydroxyl groups is 1. The second kappa shape index (κ2) is 6.96. The van der Waals surface area contributed by atoms with Gasteiger partial charge in [-0.1, -0.05) is 61.5 Å². The van der Waals surface area contributed by atoms with Crippen molar-refractivity contribution in [2.24, 2.45) is 11.8 Å². The van der Waals surface area contributed by atoms with E-state index >= 15 is 0 Å². The second-order valence-electron chi connectivity index (χ2n) is 10.3. The summed E-state index contributed by atoms with van der Waals surface area (Å²) in [7, 11) is 0. The molecular weight excluding hydrogens is 354 g/mol. The van der Waals surface area contributed by atoms with Crippen LogP contribution in [0.15, 0.2) is 54.6 Å². The molecule has 2 heterocycles. The van der Waals surface area contributed by atoms with Crippen LogP contribution in [0.1, 0.15) is 56.7 Å². The van der Waals surface area contributed by atoms with E-state index < -0.39 is 5.60 Å². The van der Waals surface area contributed by atoms with Crippen molar-refractivity contribution in [1.82, 2.24) is 4.90 Å². The minimum atomic E-state index is -0.614. The van der Waals surface area contributed by atoms with E-state index in [1.165, 1.54) is 31.2 Å². The monoisotopic (exact) mass is 389 g/mol. The normalized spacial score (nSPS) is 33.5. The molecule has 2 aromatic carbocycles. The van der Waals surface area contributed by atoms with Gasteiger partial charge in [-0.3, -0.25) is 4.90 Å². The van der Waals surface area contributed by atoms with Gasteiger partial charge in [-0.15, -0.1) is 0 Å². The molecular formula is C27H35NO. The van der Waals surface area contributed by atoms with Crippen LogP contribution in [0.5, 0.6) is 0 Å². The molecule has 5 atom stereocenters. The van der Waals surface area contributed by atoms with E-state index in [9.17, 15) is 5.11 Å². The fourth-order valence-electron chi connectivity index (χ4n) is 7.24. The summed E-state index contributed by atoms with van der Waals surface area (Å²) in [4.78, 5) is 2.81. The lowest BCUT2D eigenvalue weighted by Crippen LogP contribution is -2.71. The van der Waals surface area contributed by atoms with Crippen molar-refractivity contribution < 1.29 is 5.11 Å². The Kier molecular flexibility index (Phi) is 4.64. The summed E-state index contributed by atoms with van der Waals surface area (Å²) in [5.74, 6) is 1.02. The van der Waals surface area contributed by atoms with Crippen LogP contribution < -0.4 is 0 Å². The van der Waals surface area contributed by atoms with Gasteiger partial charge in [0.25, 0.3) is 0 Å². The van der Waals surface area contributed by atoms with Crippen LogP contribution in [0.3, 0.4) is 0 Å². The fraction of sp³-hybridized carbons (Fsp3) is 0.556. The molecule has 154 valence electrons.